The molecule has 4 aromatic carbocycles. The summed E-state index contributed by atoms with van der Waals surface area (Å²) < 4.78 is 31.9. The van der Waals surface area contributed by atoms with Gasteiger partial charge >= 0.3 is 0 Å². The molecule has 17 heteroatoms. The van der Waals surface area contributed by atoms with E-state index < -0.39 is 23.4 Å². The zero-order valence-electron chi connectivity index (χ0n) is 29.3. The van der Waals surface area contributed by atoms with E-state index in [1.165, 1.54) is 42.8 Å². The number of benzene rings is 4. The van der Waals surface area contributed by atoms with Crippen LogP contribution >= 0.6 is 80.0 Å². The van der Waals surface area contributed by atoms with Crippen LogP contribution in [0.3, 0.4) is 0 Å². The van der Waals surface area contributed by atoms with Crippen molar-refractivity contribution in [2.45, 2.75) is 13.8 Å². The van der Waals surface area contributed by atoms with Gasteiger partial charge in [-0.15, -0.1) is 0 Å². The molecular formula is C38H29Cl3F2I2N6O4. The van der Waals surface area contributed by atoms with Crippen LogP contribution in [-0.4, -0.2) is 42.5 Å². The number of hydrogen-bond donors (Lipinski definition) is 1. The molecule has 6 aromatic rings. The van der Waals surface area contributed by atoms with Crippen LogP contribution in [0.4, 0.5) is 20.2 Å². The van der Waals surface area contributed by atoms with Crippen molar-refractivity contribution < 1.29 is 28.0 Å². The third-order valence-corrected chi connectivity index (χ3v) is 9.55. The topological polar surface area (TPSA) is 119 Å². The van der Waals surface area contributed by atoms with Crippen molar-refractivity contribution in [3.8, 4) is 22.3 Å². The molecule has 284 valence electrons. The van der Waals surface area contributed by atoms with Gasteiger partial charge in [-0.3, -0.25) is 28.5 Å². The van der Waals surface area contributed by atoms with Crippen LogP contribution in [0, 0.1) is 19.0 Å². The van der Waals surface area contributed by atoms with E-state index in [1.807, 2.05) is 57.3 Å². The van der Waals surface area contributed by atoms with Crippen molar-refractivity contribution in [2.75, 3.05) is 10.2 Å². The number of hydrogen-bond acceptors (Lipinski definition) is 6. The van der Waals surface area contributed by atoms with Gasteiger partial charge in [-0.2, -0.15) is 10.2 Å². The maximum absolute atomic E-state index is 13.9. The fourth-order valence-corrected chi connectivity index (χ4v) is 6.70. The van der Waals surface area contributed by atoms with Gasteiger partial charge in [-0.05, 0) is 104 Å². The molecule has 0 saturated carbocycles. The Morgan fingerprint density at radius 1 is 0.709 bits per heavy atom. The number of para-hydroxylation sites is 2. The molecule has 0 fully saturated rings. The Kier molecular flexibility index (Phi) is 15.5. The molecule has 0 saturated heterocycles. The fourth-order valence-electron chi connectivity index (χ4n) is 5.03. The number of rotatable bonds is 6. The van der Waals surface area contributed by atoms with E-state index in [-0.39, 0.29) is 21.2 Å². The summed E-state index contributed by atoms with van der Waals surface area (Å²) in [5.74, 6) is -2.30. The number of carbonyl (C=O) groups excluding carboxylic acids is 4. The maximum Gasteiger partial charge on any atom is 0.269 e. The third-order valence-electron chi connectivity index (χ3n) is 7.34. The predicted molar refractivity (Wildman–Crippen MR) is 228 cm³/mol. The number of anilines is 2. The predicted octanol–water partition coefficient (Wildman–Crippen LogP) is 10.2. The lowest BCUT2D eigenvalue weighted by atomic mass is 10.0. The minimum Gasteiger partial charge on any atom is -0.321 e. The Hall–Kier alpha value is -4.23. The second-order valence-corrected chi connectivity index (χ2v) is 14.8. The summed E-state index contributed by atoms with van der Waals surface area (Å²) in [5.41, 5.74) is 4.12. The smallest absolute Gasteiger partial charge is 0.269 e. The molecule has 1 N–H and O–H groups in total. The zero-order valence-corrected chi connectivity index (χ0v) is 35.8. The van der Waals surface area contributed by atoms with Crippen molar-refractivity contribution >= 4 is 114 Å². The van der Waals surface area contributed by atoms with Crippen molar-refractivity contribution in [1.29, 1.82) is 0 Å². The lowest BCUT2D eigenvalue weighted by Gasteiger charge is -2.22. The number of carbonyl (C=O) groups is 4. The molecular weight excluding hydrogens is 1000 g/mol. The Balaban J connectivity index is 0.000000224. The van der Waals surface area contributed by atoms with E-state index in [0.29, 0.717) is 52.2 Å². The Morgan fingerprint density at radius 3 is 1.64 bits per heavy atom. The van der Waals surface area contributed by atoms with Crippen molar-refractivity contribution in [1.82, 2.24) is 19.6 Å². The largest absolute Gasteiger partial charge is 0.321 e. The molecule has 0 radical (unpaired) electrons. The molecule has 10 nitrogen and oxygen atoms in total. The Morgan fingerprint density at radius 2 is 1.16 bits per heavy atom. The number of halogens is 7. The van der Waals surface area contributed by atoms with Crippen LogP contribution in [0.25, 0.3) is 22.3 Å². The van der Waals surface area contributed by atoms with E-state index >= 15 is 0 Å². The first-order valence-electron chi connectivity index (χ1n) is 15.8. The molecule has 0 bridgehead atoms. The number of amides is 3. The molecule has 0 spiro atoms. The van der Waals surface area contributed by atoms with Gasteiger partial charge < -0.3 is 5.32 Å². The van der Waals surface area contributed by atoms with Gasteiger partial charge in [0, 0.05) is 57.2 Å². The summed E-state index contributed by atoms with van der Waals surface area (Å²) >= 11 is 20.1. The highest BCUT2D eigenvalue weighted by Crippen LogP contribution is 2.34. The van der Waals surface area contributed by atoms with Crippen LogP contribution in [0.2, 0.25) is 10.0 Å². The van der Waals surface area contributed by atoms with Gasteiger partial charge in [0.1, 0.15) is 19.0 Å². The van der Waals surface area contributed by atoms with Gasteiger partial charge in [0.15, 0.2) is 0 Å². The van der Waals surface area contributed by atoms with E-state index in [1.54, 1.807) is 79.7 Å². The number of aromatic nitrogens is 4. The maximum atomic E-state index is 13.9. The number of nitrogens with one attached hydrogen (secondary N) is 1. The standard InChI is InChI=1S/C19H14ClFIN3O2.C17H12ClFIN3O.C2H3ClO/c1-11(26)25(19(27)14-10-24(2)23-18(14)22)17-6-4-3-5-13(17)12-7-8-15(20)16(21)9-12;1-23-9-12(16(20)22-23)17(24)21-15-5-3-2-4-11(15)10-6-7-13(18)14(19)8-10;1-2(3)4/h3-10H,1-2H3;2-9H,1H3,(H,21,24);1H3. The summed E-state index contributed by atoms with van der Waals surface area (Å²) in [6, 6.07) is 22.9. The molecule has 0 unspecified atom stereocenters. The molecule has 6 rings (SSSR count). The van der Waals surface area contributed by atoms with Gasteiger partial charge in [0.25, 0.3) is 11.8 Å². The molecule has 0 aliphatic carbocycles. The molecule has 0 aliphatic rings. The Labute approximate surface area is 357 Å². The van der Waals surface area contributed by atoms with Crippen LogP contribution in [0.1, 0.15) is 34.6 Å². The van der Waals surface area contributed by atoms with Crippen LogP contribution in [0.15, 0.2) is 97.3 Å². The van der Waals surface area contributed by atoms with E-state index in [9.17, 15) is 28.0 Å². The quantitative estimate of drug-likeness (QED) is 0.131. The molecule has 0 aliphatic heterocycles. The first kappa shape index (κ1) is 43.5. The van der Waals surface area contributed by atoms with Gasteiger partial charge in [-0.1, -0.05) is 71.7 Å². The summed E-state index contributed by atoms with van der Waals surface area (Å²) in [4.78, 5) is 48.2. The number of imide groups is 1. The van der Waals surface area contributed by atoms with Gasteiger partial charge in [-0.25, -0.2) is 13.7 Å². The van der Waals surface area contributed by atoms with Crippen molar-refractivity contribution in [2.24, 2.45) is 14.1 Å². The minimum absolute atomic E-state index is 0.000597. The van der Waals surface area contributed by atoms with Crippen molar-refractivity contribution in [3.05, 3.63) is 138 Å². The number of nitrogens with zero attached hydrogens (tertiary/aromatic N) is 5. The van der Waals surface area contributed by atoms with Crippen LogP contribution < -0.4 is 10.2 Å². The first-order chi connectivity index (χ1) is 26.0. The normalized spacial score (nSPS) is 10.4. The summed E-state index contributed by atoms with van der Waals surface area (Å²) in [7, 11) is 3.45. The molecule has 3 amide bonds. The second kappa shape index (κ2) is 19.6. The van der Waals surface area contributed by atoms with Gasteiger partial charge in [0.2, 0.25) is 11.1 Å². The molecule has 55 heavy (non-hydrogen) atoms. The van der Waals surface area contributed by atoms with Crippen LogP contribution in [-0.2, 0) is 23.7 Å². The highest BCUT2D eigenvalue weighted by Gasteiger charge is 2.27. The van der Waals surface area contributed by atoms with E-state index in [2.05, 4.69) is 27.1 Å². The van der Waals surface area contributed by atoms with Crippen molar-refractivity contribution in [3.63, 3.8) is 0 Å². The minimum atomic E-state index is -0.577. The van der Waals surface area contributed by atoms with Crippen LogP contribution in [0.5, 0.6) is 0 Å². The highest BCUT2D eigenvalue weighted by atomic mass is 127. The average molecular weight is 1030 g/mol. The summed E-state index contributed by atoms with van der Waals surface area (Å²) in [5, 5.41) is 10.9. The summed E-state index contributed by atoms with van der Waals surface area (Å²) in [6.45, 7) is 2.60. The molecule has 0 atom stereocenters. The Bertz CT molecular complexity index is 2400. The lowest BCUT2D eigenvalue weighted by molar-refractivity contribution is -0.116. The van der Waals surface area contributed by atoms with E-state index in [0.717, 1.165) is 4.90 Å². The zero-order chi connectivity index (χ0) is 40.6. The molecule has 2 heterocycles. The second-order valence-electron chi connectivity index (χ2n) is 11.4. The highest BCUT2D eigenvalue weighted by molar-refractivity contribution is 14.1. The van der Waals surface area contributed by atoms with E-state index in [4.69, 9.17) is 23.2 Å². The monoisotopic (exact) mass is 1030 g/mol. The number of aryl methyl sites for hydroxylation is 2. The van der Waals surface area contributed by atoms with Gasteiger partial charge in [0.05, 0.1) is 26.9 Å². The first-order valence-corrected chi connectivity index (χ1v) is 19.1. The fraction of sp³-hybridized carbons (Fsp3) is 0.105. The average Bonchev–Trinajstić information content (AvgIpc) is 3.65. The SMILES string of the molecule is CC(=O)Cl.CC(=O)N(C(=O)c1cn(C)nc1I)c1ccccc1-c1ccc(Cl)c(F)c1.Cn1cc(C(=O)Nc2ccccc2-c2ccc(Cl)c(F)c2)c(I)n1. The molecule has 2 aromatic heterocycles. The summed E-state index contributed by atoms with van der Waals surface area (Å²) in [6.07, 6.45) is 3.21. The lowest BCUT2D eigenvalue weighted by Crippen LogP contribution is -2.35. The third kappa shape index (κ3) is 11.4.